The first-order valence-corrected chi connectivity index (χ1v) is 12.5. The number of benzene rings is 3. The van der Waals surface area contributed by atoms with Gasteiger partial charge in [-0.3, -0.25) is 14.5 Å². The molecule has 1 saturated heterocycles. The molecule has 3 aromatic rings. The second kappa shape index (κ2) is 12.3. The van der Waals surface area contributed by atoms with E-state index >= 15 is 0 Å². The summed E-state index contributed by atoms with van der Waals surface area (Å²) in [4.78, 5) is 41.6. The molecule has 0 radical (unpaired) electrons. The molecule has 1 N–H and O–H groups in total. The molecule has 0 bridgehead atoms. The molecule has 0 aliphatic carbocycles. The van der Waals surface area contributed by atoms with Gasteiger partial charge in [-0.15, -0.1) is 0 Å². The zero-order valence-electron chi connectivity index (χ0n) is 20.6. The smallest absolute Gasteiger partial charge is 0.337 e. The van der Waals surface area contributed by atoms with Gasteiger partial charge in [-0.1, -0.05) is 60.7 Å². The fourth-order valence-electron chi connectivity index (χ4n) is 4.33. The van der Waals surface area contributed by atoms with E-state index in [9.17, 15) is 14.4 Å². The molecule has 1 aliphatic rings. The molecule has 1 fully saturated rings. The first-order chi connectivity index (χ1) is 18.0. The lowest BCUT2D eigenvalue weighted by Crippen LogP contribution is -2.39. The Morgan fingerprint density at radius 2 is 1.43 bits per heavy atom. The minimum atomic E-state index is -0.679. The summed E-state index contributed by atoms with van der Waals surface area (Å²) in [6.45, 7) is 0.985. The zero-order chi connectivity index (χ0) is 26.2. The van der Waals surface area contributed by atoms with Crippen LogP contribution in [-0.4, -0.2) is 58.9 Å². The fraction of sp³-hybridized carbons (Fsp3) is 0.241. The number of methoxy groups -OCH3 is 1. The molecular weight excluding hydrogens is 486 g/mol. The van der Waals surface area contributed by atoms with Crippen LogP contribution < -0.4 is 5.32 Å². The van der Waals surface area contributed by atoms with Crippen molar-refractivity contribution in [2.45, 2.75) is 25.3 Å². The molecule has 4 rings (SSSR count). The molecule has 7 nitrogen and oxygen atoms in total. The van der Waals surface area contributed by atoms with E-state index in [0.717, 1.165) is 11.1 Å². The van der Waals surface area contributed by atoms with Gasteiger partial charge >= 0.3 is 5.97 Å². The minimum absolute atomic E-state index is 0.0334. The molecule has 190 valence electrons. The average Bonchev–Trinajstić information content (AvgIpc) is 3.15. The third-order valence-electron chi connectivity index (χ3n) is 6.32. The number of nitrogens with one attached hydrogen (secondary N) is 1. The van der Waals surface area contributed by atoms with Gasteiger partial charge in [0.2, 0.25) is 5.91 Å². The van der Waals surface area contributed by atoms with Crippen LogP contribution in [0.3, 0.4) is 0 Å². The Labute approximate surface area is 222 Å². The SMILES string of the molecule is COC(=O)c1ccc(NC(=O)C[C@@H]2C(=O)N(CCc3ccccc3)C(=S)N2CCc2ccccc2)cc1. The molecule has 0 aromatic heterocycles. The van der Waals surface area contributed by atoms with Crippen LogP contribution in [0.4, 0.5) is 5.69 Å². The van der Waals surface area contributed by atoms with E-state index in [1.165, 1.54) is 7.11 Å². The Morgan fingerprint density at radius 1 is 0.865 bits per heavy atom. The Kier molecular flexibility index (Phi) is 8.64. The van der Waals surface area contributed by atoms with Crippen molar-refractivity contribution >= 4 is 40.8 Å². The molecule has 0 unspecified atom stereocenters. The maximum absolute atomic E-state index is 13.5. The van der Waals surface area contributed by atoms with Gasteiger partial charge in [-0.25, -0.2) is 4.79 Å². The van der Waals surface area contributed by atoms with Gasteiger partial charge in [-0.2, -0.15) is 0 Å². The first kappa shape index (κ1) is 26.0. The summed E-state index contributed by atoms with van der Waals surface area (Å²) >= 11 is 5.74. The van der Waals surface area contributed by atoms with Crippen molar-refractivity contribution in [3.05, 3.63) is 102 Å². The minimum Gasteiger partial charge on any atom is -0.465 e. The zero-order valence-corrected chi connectivity index (χ0v) is 21.4. The highest BCUT2D eigenvalue weighted by molar-refractivity contribution is 7.80. The van der Waals surface area contributed by atoms with E-state index in [2.05, 4.69) is 5.32 Å². The first-order valence-electron chi connectivity index (χ1n) is 12.1. The van der Waals surface area contributed by atoms with Gasteiger partial charge in [0.15, 0.2) is 5.11 Å². The van der Waals surface area contributed by atoms with Crippen LogP contribution in [-0.2, 0) is 27.2 Å². The monoisotopic (exact) mass is 515 g/mol. The number of thiocarbonyl (C=S) groups is 1. The Hall–Kier alpha value is -4.04. The molecule has 1 atom stereocenters. The molecule has 3 aromatic carbocycles. The summed E-state index contributed by atoms with van der Waals surface area (Å²) in [5.41, 5.74) is 3.17. The number of ether oxygens (including phenoxy) is 1. The lowest BCUT2D eigenvalue weighted by Gasteiger charge is -2.24. The number of hydrogen-bond donors (Lipinski definition) is 1. The molecule has 0 saturated carbocycles. The van der Waals surface area contributed by atoms with Gasteiger partial charge in [-0.05, 0) is 60.5 Å². The molecule has 8 heteroatoms. The van der Waals surface area contributed by atoms with Crippen LogP contribution >= 0.6 is 12.2 Å². The van der Waals surface area contributed by atoms with Crippen LogP contribution in [0.5, 0.6) is 0 Å². The third kappa shape index (κ3) is 6.59. The number of amides is 2. The van der Waals surface area contributed by atoms with E-state index in [-0.39, 0.29) is 18.2 Å². The van der Waals surface area contributed by atoms with E-state index < -0.39 is 12.0 Å². The van der Waals surface area contributed by atoms with Crippen LogP contribution in [0.2, 0.25) is 0 Å². The van der Waals surface area contributed by atoms with Crippen molar-refractivity contribution in [3.8, 4) is 0 Å². The normalized spacial score (nSPS) is 15.1. The second-order valence-electron chi connectivity index (χ2n) is 8.77. The van der Waals surface area contributed by atoms with Crippen molar-refractivity contribution in [2.24, 2.45) is 0 Å². The summed E-state index contributed by atoms with van der Waals surface area (Å²) in [5.74, 6) is -0.917. The number of anilines is 1. The van der Waals surface area contributed by atoms with Gasteiger partial charge in [0, 0.05) is 18.8 Å². The van der Waals surface area contributed by atoms with Crippen LogP contribution in [0, 0.1) is 0 Å². The van der Waals surface area contributed by atoms with Crippen molar-refractivity contribution < 1.29 is 19.1 Å². The highest BCUT2D eigenvalue weighted by Crippen LogP contribution is 2.23. The number of carbonyl (C=O) groups excluding carboxylic acids is 3. The molecule has 1 aliphatic heterocycles. The molecular formula is C29H29N3O4S. The summed E-state index contributed by atoms with van der Waals surface area (Å²) in [5, 5.41) is 3.28. The number of rotatable bonds is 10. The summed E-state index contributed by atoms with van der Waals surface area (Å²) in [7, 11) is 1.31. The Morgan fingerprint density at radius 3 is 2.00 bits per heavy atom. The molecule has 37 heavy (non-hydrogen) atoms. The average molecular weight is 516 g/mol. The number of nitrogens with zero attached hydrogens (tertiary/aromatic N) is 2. The molecule has 0 spiro atoms. The van der Waals surface area contributed by atoms with Gasteiger partial charge in [0.25, 0.3) is 5.91 Å². The van der Waals surface area contributed by atoms with Crippen LogP contribution in [0.1, 0.15) is 27.9 Å². The summed E-state index contributed by atoms with van der Waals surface area (Å²) < 4.78 is 4.71. The van der Waals surface area contributed by atoms with E-state index in [0.29, 0.717) is 42.3 Å². The largest absolute Gasteiger partial charge is 0.465 e. The molecule has 1 heterocycles. The van der Waals surface area contributed by atoms with Gasteiger partial charge in [0.05, 0.1) is 19.1 Å². The predicted octanol–water partition coefficient (Wildman–Crippen LogP) is 4.08. The van der Waals surface area contributed by atoms with Gasteiger partial charge < -0.3 is 15.0 Å². The fourth-order valence-corrected chi connectivity index (χ4v) is 4.73. The lowest BCUT2D eigenvalue weighted by atomic mass is 10.1. The Balaban J connectivity index is 1.45. The summed E-state index contributed by atoms with van der Waals surface area (Å²) in [6.07, 6.45) is 1.34. The lowest BCUT2D eigenvalue weighted by molar-refractivity contribution is -0.130. The number of esters is 1. The van der Waals surface area contributed by atoms with Crippen molar-refractivity contribution in [1.82, 2.24) is 9.80 Å². The maximum atomic E-state index is 13.5. The predicted molar refractivity (Wildman–Crippen MR) is 146 cm³/mol. The van der Waals surface area contributed by atoms with E-state index in [1.807, 2.05) is 65.6 Å². The van der Waals surface area contributed by atoms with Crippen molar-refractivity contribution in [2.75, 3.05) is 25.5 Å². The van der Waals surface area contributed by atoms with Gasteiger partial charge in [0.1, 0.15) is 6.04 Å². The number of carbonyl (C=O) groups is 3. The second-order valence-corrected chi connectivity index (χ2v) is 9.14. The highest BCUT2D eigenvalue weighted by atomic mass is 32.1. The van der Waals surface area contributed by atoms with Crippen LogP contribution in [0.25, 0.3) is 0 Å². The standard InChI is InChI=1S/C29H29N3O4S/c1-36-28(35)23-12-14-24(15-13-23)30-26(33)20-25-27(34)32(19-17-22-10-6-3-7-11-22)29(37)31(25)18-16-21-8-4-2-5-9-21/h2-15,25H,16-20H2,1H3,(H,30,33)/t25-/m1/s1. The topological polar surface area (TPSA) is 78.9 Å². The van der Waals surface area contributed by atoms with E-state index in [4.69, 9.17) is 17.0 Å². The quantitative estimate of drug-likeness (QED) is 0.324. The number of hydrogen-bond acceptors (Lipinski definition) is 5. The van der Waals surface area contributed by atoms with Crippen molar-refractivity contribution in [1.29, 1.82) is 0 Å². The molecule has 2 amide bonds. The van der Waals surface area contributed by atoms with Crippen LogP contribution in [0.15, 0.2) is 84.9 Å². The van der Waals surface area contributed by atoms with E-state index in [1.54, 1.807) is 29.2 Å². The summed E-state index contributed by atoms with van der Waals surface area (Å²) in [6, 6.07) is 25.7. The maximum Gasteiger partial charge on any atom is 0.337 e. The highest BCUT2D eigenvalue weighted by Gasteiger charge is 2.42. The third-order valence-corrected chi connectivity index (χ3v) is 6.78. The Bertz CT molecular complexity index is 1250. The van der Waals surface area contributed by atoms with Crippen molar-refractivity contribution in [3.63, 3.8) is 0 Å².